The second-order valence-electron chi connectivity index (χ2n) is 5.90. The van der Waals surface area contributed by atoms with Crippen LogP contribution in [-0.4, -0.2) is 20.7 Å². The Kier molecular flexibility index (Phi) is 2.51. The van der Waals surface area contributed by atoms with Gasteiger partial charge in [-0.2, -0.15) is 0 Å². The van der Waals surface area contributed by atoms with Crippen LogP contribution in [-0.2, 0) is 0 Å². The zero-order valence-corrected chi connectivity index (χ0v) is 9.60. The minimum atomic E-state index is -0.200. The summed E-state index contributed by atoms with van der Waals surface area (Å²) in [5, 5.41) is 10.1. The molecule has 4 saturated carbocycles. The van der Waals surface area contributed by atoms with Crippen molar-refractivity contribution in [1.82, 2.24) is 9.97 Å². The van der Waals surface area contributed by atoms with Crippen LogP contribution in [0.3, 0.4) is 0 Å². The van der Waals surface area contributed by atoms with Crippen LogP contribution in [0.15, 0.2) is 18.7 Å². The van der Waals surface area contributed by atoms with Gasteiger partial charge >= 0.3 is 0 Å². The molecular formula is C13H20N2O. The topological polar surface area (TPSA) is 48.9 Å². The molecule has 0 atom stereocenters. The Hall–Kier alpha value is -0.830. The Balaban J connectivity index is 0.000000137. The van der Waals surface area contributed by atoms with Gasteiger partial charge in [0.2, 0.25) is 0 Å². The van der Waals surface area contributed by atoms with Gasteiger partial charge in [0.1, 0.15) is 0 Å². The third-order valence-corrected chi connectivity index (χ3v) is 4.41. The number of H-pyrrole nitrogens is 1. The van der Waals surface area contributed by atoms with Crippen LogP contribution in [0.5, 0.6) is 0 Å². The first-order chi connectivity index (χ1) is 7.73. The lowest BCUT2D eigenvalue weighted by Gasteiger charge is -2.54. The molecule has 88 valence electrons. The van der Waals surface area contributed by atoms with Crippen molar-refractivity contribution >= 4 is 0 Å². The first kappa shape index (κ1) is 10.3. The van der Waals surface area contributed by atoms with Crippen LogP contribution in [0.25, 0.3) is 0 Å². The number of aromatic nitrogens is 2. The minimum Gasteiger partial charge on any atom is -0.390 e. The van der Waals surface area contributed by atoms with Crippen molar-refractivity contribution in [3.05, 3.63) is 18.7 Å². The van der Waals surface area contributed by atoms with Crippen LogP contribution >= 0.6 is 0 Å². The zero-order chi connectivity index (χ0) is 11.0. The molecule has 0 unspecified atom stereocenters. The van der Waals surface area contributed by atoms with Crippen molar-refractivity contribution < 1.29 is 5.11 Å². The fourth-order valence-electron chi connectivity index (χ4n) is 4.28. The Morgan fingerprint density at radius 3 is 1.88 bits per heavy atom. The summed E-state index contributed by atoms with van der Waals surface area (Å²) in [6, 6.07) is 0. The quantitative estimate of drug-likeness (QED) is 0.705. The van der Waals surface area contributed by atoms with Crippen LogP contribution in [0.1, 0.15) is 38.5 Å². The molecule has 4 aliphatic rings. The van der Waals surface area contributed by atoms with Crippen LogP contribution in [0.4, 0.5) is 0 Å². The monoisotopic (exact) mass is 220 g/mol. The van der Waals surface area contributed by atoms with E-state index in [1.54, 1.807) is 18.7 Å². The van der Waals surface area contributed by atoms with Gasteiger partial charge in [0.05, 0.1) is 11.9 Å². The normalized spacial score (nSPS) is 43.9. The van der Waals surface area contributed by atoms with Gasteiger partial charge in [-0.1, -0.05) is 0 Å². The molecule has 16 heavy (non-hydrogen) atoms. The number of aliphatic hydroxyl groups is 1. The number of nitrogens with zero attached hydrogens (tertiary/aromatic N) is 1. The standard InChI is InChI=1S/C10H16O.C3H4N2/c11-10-4-7-1-8(5-10)3-9(2-7)6-10;1-2-5-3-4-1/h7-9,11H,1-6H2;1-3H,(H,4,5). The van der Waals surface area contributed by atoms with E-state index in [1.807, 2.05) is 0 Å². The molecule has 0 radical (unpaired) electrons. The number of hydrogen-bond donors (Lipinski definition) is 2. The second-order valence-corrected chi connectivity index (χ2v) is 5.90. The van der Waals surface area contributed by atoms with Gasteiger partial charge in [0.15, 0.2) is 0 Å². The largest absolute Gasteiger partial charge is 0.390 e. The lowest BCUT2D eigenvalue weighted by atomic mass is 9.54. The maximum Gasteiger partial charge on any atom is 0.0919 e. The van der Waals surface area contributed by atoms with E-state index in [-0.39, 0.29) is 5.60 Å². The van der Waals surface area contributed by atoms with Gasteiger partial charge in [-0.25, -0.2) is 4.98 Å². The van der Waals surface area contributed by atoms with E-state index in [0.29, 0.717) is 0 Å². The SMILES string of the molecule is OC12CC3CC(CC(C3)C1)C2.c1c[nH]cn1. The molecular weight excluding hydrogens is 200 g/mol. The van der Waals surface area contributed by atoms with Crippen molar-refractivity contribution in [2.75, 3.05) is 0 Å². The molecule has 4 aliphatic carbocycles. The van der Waals surface area contributed by atoms with E-state index in [9.17, 15) is 5.11 Å². The van der Waals surface area contributed by atoms with Gasteiger partial charge in [0, 0.05) is 12.4 Å². The smallest absolute Gasteiger partial charge is 0.0919 e. The van der Waals surface area contributed by atoms with Crippen molar-refractivity contribution in [3.8, 4) is 0 Å². The summed E-state index contributed by atoms with van der Waals surface area (Å²) in [4.78, 5) is 6.42. The molecule has 1 heterocycles. The Labute approximate surface area is 96.3 Å². The van der Waals surface area contributed by atoms with E-state index in [2.05, 4.69) is 9.97 Å². The lowest BCUT2D eigenvalue weighted by Crippen LogP contribution is -2.50. The molecule has 4 bridgehead atoms. The third-order valence-electron chi connectivity index (χ3n) is 4.41. The van der Waals surface area contributed by atoms with E-state index in [1.165, 1.54) is 19.3 Å². The van der Waals surface area contributed by atoms with Crippen molar-refractivity contribution in [3.63, 3.8) is 0 Å². The van der Waals surface area contributed by atoms with Crippen LogP contribution in [0.2, 0.25) is 0 Å². The highest BCUT2D eigenvalue weighted by Crippen LogP contribution is 2.55. The summed E-state index contributed by atoms with van der Waals surface area (Å²) in [5.41, 5.74) is -0.200. The Bertz CT molecular complexity index is 281. The van der Waals surface area contributed by atoms with Gasteiger partial charge in [0.25, 0.3) is 0 Å². The summed E-state index contributed by atoms with van der Waals surface area (Å²) in [5.74, 6) is 2.68. The summed E-state index contributed by atoms with van der Waals surface area (Å²) in [6.45, 7) is 0. The Morgan fingerprint density at radius 1 is 1.06 bits per heavy atom. The average Bonchev–Trinajstić information content (AvgIpc) is 2.70. The predicted molar refractivity (Wildman–Crippen MR) is 61.7 cm³/mol. The molecule has 0 amide bonds. The average molecular weight is 220 g/mol. The van der Waals surface area contributed by atoms with E-state index in [0.717, 1.165) is 37.0 Å². The van der Waals surface area contributed by atoms with Crippen molar-refractivity contribution in [2.24, 2.45) is 17.8 Å². The number of aromatic amines is 1. The number of rotatable bonds is 0. The number of imidazole rings is 1. The van der Waals surface area contributed by atoms with Crippen molar-refractivity contribution in [2.45, 2.75) is 44.1 Å². The molecule has 3 nitrogen and oxygen atoms in total. The van der Waals surface area contributed by atoms with Crippen LogP contribution < -0.4 is 0 Å². The maximum atomic E-state index is 10.1. The lowest BCUT2D eigenvalue weighted by molar-refractivity contribution is -0.124. The molecule has 0 saturated heterocycles. The van der Waals surface area contributed by atoms with E-state index >= 15 is 0 Å². The highest BCUT2D eigenvalue weighted by Gasteiger charge is 2.49. The second kappa shape index (κ2) is 3.88. The Morgan fingerprint density at radius 2 is 1.62 bits per heavy atom. The highest BCUT2D eigenvalue weighted by atomic mass is 16.3. The fraction of sp³-hybridized carbons (Fsp3) is 0.769. The molecule has 0 aromatic carbocycles. The minimum absolute atomic E-state index is 0.200. The fourth-order valence-corrected chi connectivity index (χ4v) is 4.28. The van der Waals surface area contributed by atoms with Gasteiger partial charge in [-0.3, -0.25) is 0 Å². The van der Waals surface area contributed by atoms with E-state index < -0.39 is 0 Å². The zero-order valence-electron chi connectivity index (χ0n) is 9.60. The first-order valence-corrected chi connectivity index (χ1v) is 6.39. The molecule has 1 aromatic rings. The molecule has 5 rings (SSSR count). The molecule has 0 aliphatic heterocycles. The van der Waals surface area contributed by atoms with Gasteiger partial charge in [-0.05, 0) is 56.3 Å². The maximum absolute atomic E-state index is 10.1. The first-order valence-electron chi connectivity index (χ1n) is 6.39. The molecule has 1 aromatic heterocycles. The third kappa shape index (κ3) is 2.01. The molecule has 3 heteroatoms. The molecule has 0 spiro atoms. The van der Waals surface area contributed by atoms with Crippen LogP contribution in [0, 0.1) is 17.8 Å². The highest BCUT2D eigenvalue weighted by molar-refractivity contribution is 5.01. The predicted octanol–water partition coefficient (Wildman–Crippen LogP) is 2.36. The van der Waals surface area contributed by atoms with E-state index in [4.69, 9.17) is 0 Å². The summed E-state index contributed by atoms with van der Waals surface area (Å²) < 4.78 is 0. The van der Waals surface area contributed by atoms with Gasteiger partial charge in [-0.15, -0.1) is 0 Å². The summed E-state index contributed by atoms with van der Waals surface area (Å²) in [6.07, 6.45) is 12.7. The summed E-state index contributed by atoms with van der Waals surface area (Å²) in [7, 11) is 0. The molecule has 4 fully saturated rings. The van der Waals surface area contributed by atoms with Crippen molar-refractivity contribution in [1.29, 1.82) is 0 Å². The van der Waals surface area contributed by atoms with Gasteiger partial charge < -0.3 is 10.1 Å². The molecule has 2 N–H and O–H groups in total. The number of hydrogen-bond acceptors (Lipinski definition) is 2. The summed E-state index contributed by atoms with van der Waals surface area (Å²) >= 11 is 0. The number of nitrogens with one attached hydrogen (secondary N) is 1.